The second kappa shape index (κ2) is 7.01. The van der Waals surface area contributed by atoms with Gasteiger partial charge in [-0.1, -0.05) is 37.3 Å². The van der Waals surface area contributed by atoms with Crippen molar-refractivity contribution in [3.63, 3.8) is 0 Å². The molecule has 3 nitrogen and oxygen atoms in total. The summed E-state index contributed by atoms with van der Waals surface area (Å²) in [6.45, 7) is 7.51. The van der Waals surface area contributed by atoms with Crippen LogP contribution in [0.1, 0.15) is 69.5 Å². The van der Waals surface area contributed by atoms with Gasteiger partial charge in [-0.05, 0) is 63.4 Å². The lowest BCUT2D eigenvalue weighted by atomic mass is 9.88. The quantitative estimate of drug-likeness (QED) is 0.671. The third kappa shape index (κ3) is 3.70. The highest BCUT2D eigenvalue weighted by atomic mass is 35.5. The molecule has 0 bridgehead atoms. The van der Waals surface area contributed by atoms with Gasteiger partial charge in [0.05, 0.1) is 5.52 Å². The summed E-state index contributed by atoms with van der Waals surface area (Å²) in [6, 6.07) is 6.55. The predicted molar refractivity (Wildman–Crippen MR) is 108 cm³/mol. The number of pyridine rings is 1. The van der Waals surface area contributed by atoms with Crippen molar-refractivity contribution in [2.75, 3.05) is 6.54 Å². The highest BCUT2D eigenvalue weighted by molar-refractivity contribution is 6.29. The van der Waals surface area contributed by atoms with E-state index < -0.39 is 0 Å². The number of benzene rings is 1. The second-order valence-electron chi connectivity index (χ2n) is 8.68. The molecular weight excluding hydrogens is 344 g/mol. The molecular formula is C22H29ClN2O. The Bertz CT molecular complexity index is 811. The van der Waals surface area contributed by atoms with Gasteiger partial charge >= 0.3 is 0 Å². The van der Waals surface area contributed by atoms with Crippen molar-refractivity contribution in [2.45, 2.75) is 70.9 Å². The van der Waals surface area contributed by atoms with Crippen LogP contribution in [0.2, 0.25) is 5.15 Å². The van der Waals surface area contributed by atoms with E-state index in [1.54, 1.807) is 0 Å². The minimum absolute atomic E-state index is 0.167. The van der Waals surface area contributed by atoms with E-state index in [9.17, 15) is 0 Å². The van der Waals surface area contributed by atoms with E-state index >= 15 is 0 Å². The zero-order chi connectivity index (χ0) is 18.3. The van der Waals surface area contributed by atoms with E-state index in [4.69, 9.17) is 16.3 Å². The van der Waals surface area contributed by atoms with Crippen molar-refractivity contribution in [1.82, 2.24) is 10.3 Å². The van der Waals surface area contributed by atoms with Crippen molar-refractivity contribution in [3.8, 4) is 5.75 Å². The maximum atomic E-state index is 6.32. The molecule has 4 rings (SSSR count). The maximum absolute atomic E-state index is 6.32. The predicted octanol–water partition coefficient (Wildman–Crippen LogP) is 5.97. The maximum Gasteiger partial charge on any atom is 0.130 e. The minimum atomic E-state index is -0.167. The monoisotopic (exact) mass is 372 g/mol. The molecule has 1 aromatic carbocycles. The fourth-order valence-electron chi connectivity index (χ4n) is 4.64. The zero-order valence-electron chi connectivity index (χ0n) is 16.1. The Kier molecular flexibility index (Phi) is 4.87. The van der Waals surface area contributed by atoms with E-state index in [2.05, 4.69) is 43.2 Å². The van der Waals surface area contributed by atoms with Gasteiger partial charge in [-0.2, -0.15) is 0 Å². The Morgan fingerprint density at radius 3 is 2.77 bits per heavy atom. The molecule has 1 fully saturated rings. The molecule has 0 saturated heterocycles. The smallest absolute Gasteiger partial charge is 0.130 e. The molecule has 1 N–H and O–H groups in total. The Morgan fingerprint density at radius 2 is 2.00 bits per heavy atom. The lowest BCUT2D eigenvalue weighted by molar-refractivity contribution is 0.0661. The molecule has 1 saturated carbocycles. The summed E-state index contributed by atoms with van der Waals surface area (Å²) < 4.78 is 6.32. The fraction of sp³-hybridized carbons (Fsp3) is 0.591. The number of fused-ring (bicyclic) bond motifs is 2. The van der Waals surface area contributed by atoms with Gasteiger partial charge in [0.2, 0.25) is 0 Å². The number of hydrogen-bond acceptors (Lipinski definition) is 3. The summed E-state index contributed by atoms with van der Waals surface area (Å²) >= 11 is 6.19. The lowest BCUT2D eigenvalue weighted by Gasteiger charge is -2.38. The molecule has 1 aliphatic carbocycles. The highest BCUT2D eigenvalue weighted by Crippen LogP contribution is 2.42. The second-order valence-corrected chi connectivity index (χ2v) is 9.07. The summed E-state index contributed by atoms with van der Waals surface area (Å²) in [7, 11) is 0. The first kappa shape index (κ1) is 18.1. The van der Waals surface area contributed by atoms with E-state index in [-0.39, 0.29) is 5.60 Å². The van der Waals surface area contributed by atoms with Crippen molar-refractivity contribution < 1.29 is 4.74 Å². The van der Waals surface area contributed by atoms with Crippen LogP contribution in [0.15, 0.2) is 18.2 Å². The average Bonchev–Trinajstić information content (AvgIpc) is 3.06. The van der Waals surface area contributed by atoms with Gasteiger partial charge in [-0.3, -0.25) is 0 Å². The fourth-order valence-corrected chi connectivity index (χ4v) is 4.90. The van der Waals surface area contributed by atoms with Crippen molar-refractivity contribution >= 4 is 22.5 Å². The third-order valence-corrected chi connectivity index (χ3v) is 6.18. The SMILES string of the molecule is Cc1cc(Cl)nc2cc3c(cc12)OC(C)(C)CC3NCCC1CCCC1. The third-order valence-electron chi connectivity index (χ3n) is 5.99. The van der Waals surface area contributed by atoms with Crippen LogP contribution < -0.4 is 10.1 Å². The summed E-state index contributed by atoms with van der Waals surface area (Å²) in [5.74, 6) is 1.90. The standard InChI is InChI=1S/C22H29ClN2O/c1-14-10-21(23)25-18-11-17-19(24-9-8-15-6-4-5-7-15)13-22(2,3)26-20(17)12-16(14)18/h10-12,15,19,24H,4-9,13H2,1-3H3. The molecule has 1 unspecified atom stereocenters. The van der Waals surface area contributed by atoms with Crippen LogP contribution in [0, 0.1) is 12.8 Å². The number of ether oxygens (including phenoxy) is 1. The van der Waals surface area contributed by atoms with E-state index in [0.717, 1.165) is 41.1 Å². The van der Waals surface area contributed by atoms with Gasteiger partial charge in [0.1, 0.15) is 16.5 Å². The van der Waals surface area contributed by atoms with Crippen molar-refractivity contribution in [1.29, 1.82) is 0 Å². The number of hydrogen-bond donors (Lipinski definition) is 1. The van der Waals surface area contributed by atoms with Crippen molar-refractivity contribution in [2.24, 2.45) is 5.92 Å². The normalized spacial score (nSPS) is 22.4. The first-order valence-corrected chi connectivity index (χ1v) is 10.3. The molecule has 0 spiro atoms. The first-order chi connectivity index (χ1) is 12.4. The summed E-state index contributed by atoms with van der Waals surface area (Å²) in [6.07, 6.45) is 7.89. The Labute approximate surface area is 161 Å². The van der Waals surface area contributed by atoms with Gasteiger partial charge in [-0.15, -0.1) is 0 Å². The molecule has 140 valence electrons. The number of aromatic nitrogens is 1. The molecule has 1 aromatic heterocycles. The number of nitrogens with one attached hydrogen (secondary N) is 1. The molecule has 0 amide bonds. The largest absolute Gasteiger partial charge is 0.487 e. The van der Waals surface area contributed by atoms with Gasteiger partial charge < -0.3 is 10.1 Å². The number of halogens is 1. The van der Waals surface area contributed by atoms with Crippen LogP contribution in [-0.4, -0.2) is 17.1 Å². The van der Waals surface area contributed by atoms with Crippen LogP contribution in [0.25, 0.3) is 10.9 Å². The van der Waals surface area contributed by atoms with Gasteiger partial charge in [0, 0.05) is 23.4 Å². The summed E-state index contributed by atoms with van der Waals surface area (Å²) in [4.78, 5) is 4.54. The van der Waals surface area contributed by atoms with Crippen LogP contribution in [0.3, 0.4) is 0 Å². The van der Waals surface area contributed by atoms with E-state index in [1.165, 1.54) is 37.7 Å². The topological polar surface area (TPSA) is 34.1 Å². The Morgan fingerprint density at radius 1 is 1.23 bits per heavy atom. The average molecular weight is 373 g/mol. The molecule has 26 heavy (non-hydrogen) atoms. The minimum Gasteiger partial charge on any atom is -0.487 e. The Balaban J connectivity index is 1.62. The number of aryl methyl sites for hydroxylation is 1. The van der Waals surface area contributed by atoms with Gasteiger partial charge in [-0.25, -0.2) is 4.98 Å². The molecule has 1 atom stereocenters. The van der Waals surface area contributed by atoms with Gasteiger partial charge in [0.15, 0.2) is 0 Å². The molecule has 2 aromatic rings. The molecule has 2 aliphatic rings. The van der Waals surface area contributed by atoms with E-state index in [0.29, 0.717) is 11.2 Å². The summed E-state index contributed by atoms with van der Waals surface area (Å²) in [5.41, 5.74) is 3.15. The van der Waals surface area contributed by atoms with E-state index in [1.807, 2.05) is 6.07 Å². The van der Waals surface area contributed by atoms with Crippen molar-refractivity contribution in [3.05, 3.63) is 34.5 Å². The molecule has 4 heteroatoms. The Hall–Kier alpha value is -1.32. The van der Waals surface area contributed by atoms with Crippen LogP contribution in [-0.2, 0) is 0 Å². The molecule has 2 heterocycles. The van der Waals surface area contributed by atoms with Crippen LogP contribution >= 0.6 is 11.6 Å². The van der Waals surface area contributed by atoms with Gasteiger partial charge in [0.25, 0.3) is 0 Å². The van der Waals surface area contributed by atoms with Crippen LogP contribution in [0.4, 0.5) is 0 Å². The lowest BCUT2D eigenvalue weighted by Crippen LogP contribution is -2.40. The molecule has 1 aliphatic heterocycles. The van der Waals surface area contributed by atoms with Crippen LogP contribution in [0.5, 0.6) is 5.75 Å². The number of rotatable bonds is 4. The zero-order valence-corrected chi connectivity index (χ0v) is 16.8. The highest BCUT2D eigenvalue weighted by Gasteiger charge is 2.34. The first-order valence-electron chi connectivity index (χ1n) is 9.94. The number of nitrogens with zero attached hydrogens (tertiary/aromatic N) is 1. The summed E-state index contributed by atoms with van der Waals surface area (Å²) in [5, 5.41) is 5.49. The molecule has 0 radical (unpaired) electrons.